The zero-order chi connectivity index (χ0) is 14.8. The second kappa shape index (κ2) is 6.20. The summed E-state index contributed by atoms with van der Waals surface area (Å²) in [7, 11) is -1.74. The van der Waals surface area contributed by atoms with Gasteiger partial charge in [0.2, 0.25) is 10.0 Å². The van der Waals surface area contributed by atoms with Crippen molar-refractivity contribution in [3.05, 3.63) is 29.8 Å². The smallest absolute Gasteiger partial charge is 0.242 e. The van der Waals surface area contributed by atoms with Gasteiger partial charge >= 0.3 is 0 Å². The van der Waals surface area contributed by atoms with Crippen molar-refractivity contribution in [3.8, 4) is 0 Å². The molecule has 0 spiro atoms. The summed E-state index contributed by atoms with van der Waals surface area (Å²) in [6.07, 6.45) is 3.97. The van der Waals surface area contributed by atoms with E-state index < -0.39 is 10.0 Å². The Morgan fingerprint density at radius 2 is 1.95 bits per heavy atom. The van der Waals surface area contributed by atoms with E-state index in [-0.39, 0.29) is 0 Å². The first kappa shape index (κ1) is 15.4. The molecule has 0 heterocycles. The quantitative estimate of drug-likeness (QED) is 0.815. The van der Waals surface area contributed by atoms with E-state index in [4.69, 9.17) is 18.0 Å². The van der Waals surface area contributed by atoms with Crippen LogP contribution in [0.3, 0.4) is 0 Å². The van der Waals surface area contributed by atoms with Crippen LogP contribution < -0.4 is 5.73 Å². The van der Waals surface area contributed by atoms with Crippen molar-refractivity contribution in [3.63, 3.8) is 0 Å². The molecule has 4 nitrogen and oxygen atoms in total. The van der Waals surface area contributed by atoms with E-state index in [9.17, 15) is 8.42 Å². The third-order valence-corrected chi connectivity index (χ3v) is 5.73. The van der Waals surface area contributed by atoms with Crippen LogP contribution in [-0.2, 0) is 16.4 Å². The van der Waals surface area contributed by atoms with Gasteiger partial charge in [0.25, 0.3) is 0 Å². The lowest BCUT2D eigenvalue weighted by atomic mass is 9.86. The van der Waals surface area contributed by atoms with Gasteiger partial charge in [-0.2, -0.15) is 0 Å². The average molecular weight is 312 g/mol. The highest BCUT2D eigenvalue weighted by Crippen LogP contribution is 2.28. The van der Waals surface area contributed by atoms with E-state index in [2.05, 4.69) is 0 Å². The molecule has 1 aliphatic carbocycles. The molecule has 0 radical (unpaired) electrons. The first-order chi connectivity index (χ1) is 9.39. The average Bonchev–Trinajstić information content (AvgIpc) is 2.33. The minimum atomic E-state index is -3.39. The summed E-state index contributed by atoms with van der Waals surface area (Å²) in [6, 6.07) is 6.78. The Balaban J connectivity index is 2.09. The molecule has 0 atom stereocenters. The van der Waals surface area contributed by atoms with Gasteiger partial charge in [-0.1, -0.05) is 30.8 Å². The second-order valence-electron chi connectivity index (χ2n) is 5.37. The van der Waals surface area contributed by atoms with Crippen LogP contribution in [0, 0.1) is 5.92 Å². The summed E-state index contributed by atoms with van der Waals surface area (Å²) in [5.74, 6) is 0.517. The van der Waals surface area contributed by atoms with Crippen LogP contribution in [-0.4, -0.2) is 31.3 Å². The maximum atomic E-state index is 12.4. The van der Waals surface area contributed by atoms with Gasteiger partial charge in [-0.15, -0.1) is 0 Å². The standard InChI is InChI=1S/C14H20N2O2S2/c1-16(10-12-3-2-4-12)20(17,18)13-7-5-11(6-8-13)9-14(15)19/h5-8,12H,2-4,9-10H2,1H3,(H2,15,19). The summed E-state index contributed by atoms with van der Waals surface area (Å²) >= 11 is 4.84. The van der Waals surface area contributed by atoms with Gasteiger partial charge in [0, 0.05) is 20.0 Å². The van der Waals surface area contributed by atoms with Crippen LogP contribution in [0.5, 0.6) is 0 Å². The highest BCUT2D eigenvalue weighted by Gasteiger charge is 2.26. The molecule has 6 heteroatoms. The van der Waals surface area contributed by atoms with Crippen LogP contribution in [0.1, 0.15) is 24.8 Å². The van der Waals surface area contributed by atoms with Gasteiger partial charge in [-0.25, -0.2) is 12.7 Å². The third-order valence-electron chi connectivity index (χ3n) is 3.75. The van der Waals surface area contributed by atoms with E-state index in [1.807, 2.05) is 0 Å². The topological polar surface area (TPSA) is 63.4 Å². The molecule has 110 valence electrons. The maximum Gasteiger partial charge on any atom is 0.242 e. The Bertz CT molecular complexity index is 578. The van der Waals surface area contributed by atoms with Crippen LogP contribution >= 0.6 is 12.2 Å². The summed E-state index contributed by atoms with van der Waals surface area (Å²) in [6.45, 7) is 0.608. The molecule has 20 heavy (non-hydrogen) atoms. The summed E-state index contributed by atoms with van der Waals surface area (Å²) in [4.78, 5) is 0.730. The van der Waals surface area contributed by atoms with Crippen LogP contribution in [0.25, 0.3) is 0 Å². The predicted molar refractivity (Wildman–Crippen MR) is 84.1 cm³/mol. The van der Waals surface area contributed by atoms with Gasteiger partial charge in [0.05, 0.1) is 9.88 Å². The Morgan fingerprint density at radius 3 is 2.40 bits per heavy atom. The number of nitrogens with zero attached hydrogens (tertiary/aromatic N) is 1. The van der Waals surface area contributed by atoms with Gasteiger partial charge in [0.15, 0.2) is 0 Å². The van der Waals surface area contributed by atoms with Gasteiger partial charge < -0.3 is 5.73 Å². The monoisotopic (exact) mass is 312 g/mol. The fourth-order valence-corrected chi connectivity index (χ4v) is 3.71. The maximum absolute atomic E-state index is 12.4. The highest BCUT2D eigenvalue weighted by molar-refractivity contribution is 7.89. The molecule has 0 bridgehead atoms. The third kappa shape index (κ3) is 3.56. The van der Waals surface area contributed by atoms with E-state index >= 15 is 0 Å². The molecule has 0 aliphatic heterocycles. The Morgan fingerprint density at radius 1 is 1.35 bits per heavy atom. The van der Waals surface area contributed by atoms with Gasteiger partial charge in [0.1, 0.15) is 0 Å². The molecule has 0 amide bonds. The molecule has 1 saturated carbocycles. The molecule has 1 aliphatic rings. The number of rotatable bonds is 6. The van der Waals surface area contributed by atoms with Gasteiger partial charge in [-0.05, 0) is 36.5 Å². The van der Waals surface area contributed by atoms with E-state index in [1.54, 1.807) is 31.3 Å². The number of benzene rings is 1. The fourth-order valence-electron chi connectivity index (χ4n) is 2.30. The molecular weight excluding hydrogens is 292 g/mol. The van der Waals surface area contributed by atoms with Crippen molar-refractivity contribution in [1.29, 1.82) is 0 Å². The second-order valence-corrected chi connectivity index (χ2v) is 7.94. The molecule has 1 aromatic carbocycles. The Kier molecular flexibility index (Phi) is 4.78. The number of hydrogen-bond acceptors (Lipinski definition) is 3. The van der Waals surface area contributed by atoms with Crippen molar-refractivity contribution in [2.75, 3.05) is 13.6 Å². The zero-order valence-corrected chi connectivity index (χ0v) is 13.2. The number of sulfonamides is 1. The van der Waals surface area contributed by atoms with E-state index in [0.29, 0.717) is 28.8 Å². The number of nitrogens with two attached hydrogens (primary N) is 1. The minimum Gasteiger partial charge on any atom is -0.393 e. The normalized spacial score (nSPS) is 16.1. The molecule has 0 saturated heterocycles. The van der Waals surface area contributed by atoms with Crippen LogP contribution in [0.4, 0.5) is 0 Å². The molecule has 0 unspecified atom stereocenters. The number of thiocarbonyl (C=S) groups is 1. The zero-order valence-electron chi connectivity index (χ0n) is 11.6. The molecule has 2 rings (SSSR count). The lowest BCUT2D eigenvalue weighted by molar-refractivity contribution is 0.263. The summed E-state index contributed by atoms with van der Waals surface area (Å²) in [5.41, 5.74) is 6.41. The SMILES string of the molecule is CN(CC1CCC1)S(=O)(=O)c1ccc(CC(N)=S)cc1. The lowest BCUT2D eigenvalue weighted by Gasteiger charge is -2.29. The van der Waals surface area contributed by atoms with Gasteiger partial charge in [-0.3, -0.25) is 0 Å². The van der Waals surface area contributed by atoms with Crippen LogP contribution in [0.2, 0.25) is 0 Å². The van der Waals surface area contributed by atoms with Crippen molar-refractivity contribution in [1.82, 2.24) is 4.31 Å². The Labute approximate surface area is 126 Å². The predicted octanol–water partition coefficient (Wildman–Crippen LogP) is 1.94. The first-order valence-electron chi connectivity index (χ1n) is 6.73. The lowest BCUT2D eigenvalue weighted by Crippen LogP contribution is -2.34. The van der Waals surface area contributed by atoms with Crippen molar-refractivity contribution >= 4 is 27.2 Å². The largest absolute Gasteiger partial charge is 0.393 e. The molecule has 0 aromatic heterocycles. The molecule has 1 fully saturated rings. The van der Waals surface area contributed by atoms with Crippen LogP contribution in [0.15, 0.2) is 29.2 Å². The summed E-state index contributed by atoms with van der Waals surface area (Å²) < 4.78 is 26.3. The van der Waals surface area contributed by atoms with Crippen molar-refractivity contribution in [2.45, 2.75) is 30.6 Å². The molecule has 2 N–H and O–H groups in total. The van der Waals surface area contributed by atoms with E-state index in [0.717, 1.165) is 18.4 Å². The molecule has 1 aromatic rings. The first-order valence-corrected chi connectivity index (χ1v) is 8.58. The molecular formula is C14H20N2O2S2. The highest BCUT2D eigenvalue weighted by atomic mass is 32.2. The van der Waals surface area contributed by atoms with E-state index in [1.165, 1.54) is 10.7 Å². The minimum absolute atomic E-state index is 0.325. The summed E-state index contributed by atoms with van der Waals surface area (Å²) in [5, 5.41) is 0. The fraction of sp³-hybridized carbons (Fsp3) is 0.500. The number of hydrogen-bond donors (Lipinski definition) is 1. The van der Waals surface area contributed by atoms with Crippen molar-refractivity contribution in [2.24, 2.45) is 11.7 Å². The van der Waals surface area contributed by atoms with Crippen molar-refractivity contribution < 1.29 is 8.42 Å². The Hall–Kier alpha value is -0.980.